The van der Waals surface area contributed by atoms with Gasteiger partial charge in [0, 0.05) is 6.07 Å². The van der Waals surface area contributed by atoms with E-state index in [9.17, 15) is 9.90 Å². The number of methoxy groups -OCH3 is 3. The molecule has 0 radical (unpaired) electrons. The first kappa shape index (κ1) is 16.1. The molecule has 1 aliphatic rings. The molecule has 2 aromatic rings. The van der Waals surface area contributed by atoms with E-state index in [1.165, 1.54) is 21.3 Å². The minimum Gasteiger partial charge on any atom is -0.493 e. The molecule has 2 atom stereocenters. The van der Waals surface area contributed by atoms with Crippen LogP contribution in [0.1, 0.15) is 23.3 Å². The van der Waals surface area contributed by atoms with Crippen LogP contribution in [0.4, 0.5) is 0 Å². The Morgan fingerprint density at radius 3 is 2.25 bits per heavy atom. The maximum Gasteiger partial charge on any atom is 0.211 e. The van der Waals surface area contributed by atoms with Crippen LogP contribution in [-0.2, 0) is 4.79 Å². The highest BCUT2D eigenvalue weighted by atomic mass is 16.5. The number of fused-ring (bicyclic) bond motifs is 1. The Balaban J connectivity index is 2.16. The van der Waals surface area contributed by atoms with Gasteiger partial charge in [-0.05, 0) is 5.56 Å². The lowest BCUT2D eigenvalue weighted by Crippen LogP contribution is -2.30. The molecule has 6 nitrogen and oxygen atoms in total. The Morgan fingerprint density at radius 2 is 1.67 bits per heavy atom. The predicted octanol–water partition coefficient (Wildman–Crippen LogP) is 2.45. The number of ketones is 1. The number of Topliss-reactive ketones (excluding diaryl/α,β-unsaturated/α-hetero) is 1. The van der Waals surface area contributed by atoms with Crippen LogP contribution in [0.25, 0.3) is 0 Å². The van der Waals surface area contributed by atoms with Crippen molar-refractivity contribution >= 4 is 5.78 Å². The summed E-state index contributed by atoms with van der Waals surface area (Å²) in [4.78, 5) is 12.6. The van der Waals surface area contributed by atoms with Crippen LogP contribution in [-0.4, -0.2) is 32.2 Å². The first-order valence-corrected chi connectivity index (χ1v) is 7.38. The zero-order chi connectivity index (χ0) is 17.3. The quantitative estimate of drug-likeness (QED) is 0.928. The van der Waals surface area contributed by atoms with Crippen molar-refractivity contribution in [3.05, 3.63) is 47.5 Å². The summed E-state index contributed by atoms with van der Waals surface area (Å²) >= 11 is 0. The number of hydrogen-bond acceptors (Lipinski definition) is 6. The molecule has 0 saturated carbocycles. The van der Waals surface area contributed by atoms with Crippen LogP contribution >= 0.6 is 0 Å². The number of carbonyl (C=O) groups excluding carboxylic acids is 1. The predicted molar refractivity (Wildman–Crippen MR) is 85.9 cm³/mol. The van der Waals surface area contributed by atoms with Crippen LogP contribution in [0.5, 0.6) is 23.0 Å². The fraction of sp³-hybridized carbons (Fsp3) is 0.278. The second-order valence-electron chi connectivity index (χ2n) is 5.27. The molecular formula is C18H18O6. The Hall–Kier alpha value is -2.73. The molecule has 0 aromatic heterocycles. The topological polar surface area (TPSA) is 74.2 Å². The lowest BCUT2D eigenvalue weighted by atomic mass is 9.92. The van der Waals surface area contributed by atoms with Gasteiger partial charge in [-0.25, -0.2) is 0 Å². The number of hydrogen-bond donors (Lipinski definition) is 1. The highest BCUT2D eigenvalue weighted by Crippen LogP contribution is 2.51. The van der Waals surface area contributed by atoms with Crippen molar-refractivity contribution in [3.8, 4) is 23.0 Å². The Bertz CT molecular complexity index is 756. The van der Waals surface area contributed by atoms with E-state index in [1.54, 1.807) is 18.2 Å². The molecule has 0 amide bonds. The molecular weight excluding hydrogens is 312 g/mol. The van der Waals surface area contributed by atoms with Gasteiger partial charge in [0.2, 0.25) is 11.5 Å². The number of aliphatic hydroxyl groups is 1. The van der Waals surface area contributed by atoms with Crippen molar-refractivity contribution in [2.75, 3.05) is 21.3 Å². The summed E-state index contributed by atoms with van der Waals surface area (Å²) < 4.78 is 21.8. The highest BCUT2D eigenvalue weighted by molar-refractivity contribution is 5.93. The van der Waals surface area contributed by atoms with Crippen molar-refractivity contribution in [2.45, 2.75) is 12.2 Å². The molecule has 1 heterocycles. The molecule has 0 bridgehead atoms. The van der Waals surface area contributed by atoms with E-state index in [2.05, 4.69) is 0 Å². The van der Waals surface area contributed by atoms with E-state index < -0.39 is 18.0 Å². The summed E-state index contributed by atoms with van der Waals surface area (Å²) in [7, 11) is 4.37. The van der Waals surface area contributed by atoms with Crippen LogP contribution in [0.3, 0.4) is 0 Å². The molecule has 0 spiro atoms. The van der Waals surface area contributed by atoms with E-state index in [0.29, 0.717) is 22.8 Å². The summed E-state index contributed by atoms with van der Waals surface area (Å²) in [6.07, 6.45) is -2.27. The smallest absolute Gasteiger partial charge is 0.211 e. The number of carbonyl (C=O) groups is 1. The molecule has 0 saturated heterocycles. The third-order valence-electron chi connectivity index (χ3n) is 3.98. The Morgan fingerprint density at radius 1 is 1.00 bits per heavy atom. The normalized spacial score (nSPS) is 19.2. The van der Waals surface area contributed by atoms with Gasteiger partial charge in [-0.3, -0.25) is 4.79 Å². The van der Waals surface area contributed by atoms with Crippen molar-refractivity contribution in [1.29, 1.82) is 0 Å². The highest BCUT2D eigenvalue weighted by Gasteiger charge is 2.40. The lowest BCUT2D eigenvalue weighted by Gasteiger charge is -2.30. The van der Waals surface area contributed by atoms with E-state index in [-0.39, 0.29) is 11.3 Å². The molecule has 24 heavy (non-hydrogen) atoms. The minimum absolute atomic E-state index is 0.221. The lowest BCUT2D eigenvalue weighted by molar-refractivity contribution is -0.137. The van der Waals surface area contributed by atoms with Crippen molar-refractivity contribution < 1.29 is 28.8 Å². The van der Waals surface area contributed by atoms with Crippen LogP contribution in [0.15, 0.2) is 36.4 Å². The number of ether oxygens (including phenoxy) is 4. The largest absolute Gasteiger partial charge is 0.493 e. The zero-order valence-corrected chi connectivity index (χ0v) is 13.6. The third-order valence-corrected chi connectivity index (χ3v) is 3.98. The van der Waals surface area contributed by atoms with Gasteiger partial charge >= 0.3 is 0 Å². The number of rotatable bonds is 4. The van der Waals surface area contributed by atoms with Gasteiger partial charge < -0.3 is 24.1 Å². The molecule has 0 aliphatic carbocycles. The second-order valence-corrected chi connectivity index (χ2v) is 5.27. The number of benzene rings is 2. The molecule has 0 fully saturated rings. The van der Waals surface area contributed by atoms with Crippen molar-refractivity contribution in [1.82, 2.24) is 0 Å². The Kier molecular flexibility index (Phi) is 4.31. The summed E-state index contributed by atoms with van der Waals surface area (Å²) in [5, 5.41) is 10.6. The fourth-order valence-electron chi connectivity index (χ4n) is 2.84. The first-order valence-electron chi connectivity index (χ1n) is 7.38. The SMILES string of the molecule is COc1cc2c(c(OC)c1OC)C(O)C(=O)C(c1ccccc1)O2. The van der Waals surface area contributed by atoms with Crippen LogP contribution in [0, 0.1) is 0 Å². The molecule has 2 unspecified atom stereocenters. The van der Waals surface area contributed by atoms with E-state index in [4.69, 9.17) is 18.9 Å². The monoisotopic (exact) mass is 330 g/mol. The molecule has 6 heteroatoms. The van der Waals surface area contributed by atoms with E-state index in [1.807, 2.05) is 18.2 Å². The van der Waals surface area contributed by atoms with Crippen molar-refractivity contribution in [2.24, 2.45) is 0 Å². The maximum absolute atomic E-state index is 12.6. The summed E-state index contributed by atoms with van der Waals surface area (Å²) in [5.41, 5.74) is 0.910. The zero-order valence-electron chi connectivity index (χ0n) is 13.6. The second kappa shape index (κ2) is 6.41. The Labute approximate surface area is 139 Å². The van der Waals surface area contributed by atoms with Gasteiger partial charge in [0.15, 0.2) is 17.6 Å². The van der Waals surface area contributed by atoms with Crippen molar-refractivity contribution in [3.63, 3.8) is 0 Å². The van der Waals surface area contributed by atoms with Gasteiger partial charge in [0.25, 0.3) is 0 Å². The summed E-state index contributed by atoms with van der Waals surface area (Å²) in [6.45, 7) is 0. The third kappa shape index (κ3) is 2.45. The van der Waals surface area contributed by atoms with Crippen LogP contribution < -0.4 is 18.9 Å². The molecule has 1 aliphatic heterocycles. The molecule has 126 valence electrons. The summed E-state index contributed by atoms with van der Waals surface area (Å²) in [6, 6.07) is 10.6. The summed E-state index contributed by atoms with van der Waals surface area (Å²) in [5.74, 6) is 0.776. The molecule has 3 rings (SSSR count). The minimum atomic E-state index is -1.38. The number of aliphatic hydroxyl groups excluding tert-OH is 1. The van der Waals surface area contributed by atoms with Gasteiger partial charge in [0.1, 0.15) is 11.9 Å². The average Bonchev–Trinajstić information content (AvgIpc) is 2.63. The first-order chi connectivity index (χ1) is 11.6. The fourth-order valence-corrected chi connectivity index (χ4v) is 2.84. The van der Waals surface area contributed by atoms with Gasteiger partial charge in [0.05, 0.1) is 26.9 Å². The van der Waals surface area contributed by atoms with Gasteiger partial charge in [-0.15, -0.1) is 0 Å². The van der Waals surface area contributed by atoms with E-state index in [0.717, 1.165) is 0 Å². The van der Waals surface area contributed by atoms with E-state index >= 15 is 0 Å². The van der Waals surface area contributed by atoms with Gasteiger partial charge in [-0.2, -0.15) is 0 Å². The van der Waals surface area contributed by atoms with Crippen LogP contribution in [0.2, 0.25) is 0 Å². The molecule has 2 aromatic carbocycles. The molecule has 1 N–H and O–H groups in total. The van der Waals surface area contributed by atoms with Gasteiger partial charge in [-0.1, -0.05) is 30.3 Å². The standard InChI is InChI=1S/C18H18O6/c1-21-12-9-11-13(18(23-3)17(12)22-2)14(19)15(20)16(24-11)10-7-5-4-6-8-10/h4-9,14,16,19H,1-3H3. The average molecular weight is 330 g/mol. The maximum atomic E-state index is 12.6.